The summed E-state index contributed by atoms with van der Waals surface area (Å²) in [5, 5.41) is 0.205. The maximum Gasteiger partial charge on any atom is 0.305 e. The molecule has 0 unspecified atom stereocenters. The summed E-state index contributed by atoms with van der Waals surface area (Å²) in [5.41, 5.74) is 0. The molecule has 0 aliphatic rings. The van der Waals surface area contributed by atoms with Crippen molar-refractivity contribution in [1.82, 2.24) is 0 Å². The Kier molecular flexibility index (Phi) is 15.1. The third kappa shape index (κ3) is 15.1. The Balaban J connectivity index is 4.17. The lowest BCUT2D eigenvalue weighted by Gasteiger charge is -2.38. The Morgan fingerprint density at radius 3 is 2.03 bits per heavy atom. The molecule has 31 heavy (non-hydrogen) atoms. The van der Waals surface area contributed by atoms with E-state index < -0.39 is 8.32 Å². The number of ether oxygens (including phenoxy) is 1. The number of rotatable bonds is 7. The number of hydrogen-bond acceptors (Lipinski definition) is 3. The largest absolute Gasteiger partial charge is 0.469 e. The molecule has 0 radical (unpaired) electrons. The van der Waals surface area contributed by atoms with Gasteiger partial charge in [-0.25, -0.2) is 0 Å². The van der Waals surface area contributed by atoms with E-state index in [9.17, 15) is 4.79 Å². The molecule has 0 aromatic heterocycles. The highest BCUT2D eigenvalue weighted by Crippen LogP contribution is 2.37. The zero-order valence-electron chi connectivity index (χ0n) is 20.4. The van der Waals surface area contributed by atoms with Crippen LogP contribution in [0.1, 0.15) is 72.6 Å². The highest BCUT2D eigenvalue weighted by Gasteiger charge is 2.38. The zero-order valence-corrected chi connectivity index (χ0v) is 21.4. The van der Waals surface area contributed by atoms with Gasteiger partial charge < -0.3 is 9.16 Å². The number of carbonyl (C=O) groups excluding carboxylic acids is 1. The Morgan fingerprint density at radius 2 is 1.52 bits per heavy atom. The predicted molar refractivity (Wildman–Crippen MR) is 132 cm³/mol. The van der Waals surface area contributed by atoms with Crippen LogP contribution in [-0.2, 0) is 14.0 Å². The van der Waals surface area contributed by atoms with Gasteiger partial charge in [-0.1, -0.05) is 69.1 Å². The average Bonchev–Trinajstić information content (AvgIpc) is 2.71. The molecule has 168 valence electrons. The average molecular weight is 439 g/mol. The molecular formula is C27H38O3Si. The molecule has 0 N–H and O–H groups in total. The summed E-state index contributed by atoms with van der Waals surface area (Å²) < 4.78 is 11.0. The lowest BCUT2D eigenvalue weighted by molar-refractivity contribution is -0.140. The van der Waals surface area contributed by atoms with Gasteiger partial charge >= 0.3 is 5.97 Å². The maximum atomic E-state index is 10.9. The van der Waals surface area contributed by atoms with Gasteiger partial charge in [-0.2, -0.15) is 0 Å². The van der Waals surface area contributed by atoms with Gasteiger partial charge in [0, 0.05) is 12.8 Å². The maximum absolute atomic E-state index is 10.9. The van der Waals surface area contributed by atoms with Crippen LogP contribution in [0, 0.1) is 47.4 Å². The number of carbonyl (C=O) groups is 1. The number of unbranched alkanes of at least 4 members (excludes halogenated alkanes) is 1. The second-order valence-corrected chi connectivity index (χ2v) is 13.3. The van der Waals surface area contributed by atoms with Crippen LogP contribution >= 0.6 is 0 Å². The molecular weight excluding hydrogens is 400 g/mol. The lowest BCUT2D eigenvalue weighted by atomic mass is 10.2. The minimum atomic E-state index is -1.76. The first-order valence-electron chi connectivity index (χ1n) is 10.9. The van der Waals surface area contributed by atoms with E-state index in [-0.39, 0.29) is 17.1 Å². The quantitative estimate of drug-likeness (QED) is 0.216. The fourth-order valence-corrected chi connectivity index (χ4v) is 3.39. The Bertz CT molecular complexity index is 815. The topological polar surface area (TPSA) is 35.5 Å². The number of methoxy groups -OCH3 is 1. The fraction of sp³-hybridized carbons (Fsp3) is 0.593. The third-order valence-corrected chi connectivity index (χ3v) is 9.47. The van der Waals surface area contributed by atoms with Crippen molar-refractivity contribution in [2.75, 3.05) is 7.11 Å². The van der Waals surface area contributed by atoms with Crippen molar-refractivity contribution >= 4 is 14.3 Å². The van der Waals surface area contributed by atoms with Crippen molar-refractivity contribution in [3.63, 3.8) is 0 Å². The second kappa shape index (κ2) is 16.3. The molecule has 1 atom stereocenters. The summed E-state index contributed by atoms with van der Waals surface area (Å²) in [6.07, 6.45) is 8.41. The zero-order chi connectivity index (χ0) is 23.6. The molecule has 0 aliphatic heterocycles. The normalized spacial score (nSPS) is 11.6. The molecule has 0 aromatic carbocycles. The molecule has 4 heteroatoms. The van der Waals surface area contributed by atoms with Gasteiger partial charge in [-0.3, -0.25) is 4.79 Å². The smallest absolute Gasteiger partial charge is 0.305 e. The summed E-state index contributed by atoms with van der Waals surface area (Å²) in [4.78, 5) is 10.9. The molecule has 0 heterocycles. The van der Waals surface area contributed by atoms with Crippen molar-refractivity contribution in [1.29, 1.82) is 0 Å². The van der Waals surface area contributed by atoms with E-state index in [0.717, 1.165) is 12.8 Å². The molecule has 0 aromatic rings. The third-order valence-electron chi connectivity index (χ3n) is 4.97. The molecule has 0 saturated carbocycles. The van der Waals surface area contributed by atoms with Crippen LogP contribution in [0.2, 0.25) is 18.1 Å². The highest BCUT2D eigenvalue weighted by atomic mass is 28.4. The van der Waals surface area contributed by atoms with E-state index in [1.807, 2.05) is 6.08 Å². The molecule has 0 rings (SSSR count). The lowest BCUT2D eigenvalue weighted by Crippen LogP contribution is -2.43. The monoisotopic (exact) mass is 438 g/mol. The van der Waals surface area contributed by atoms with Crippen molar-refractivity contribution < 1.29 is 14.0 Å². The molecule has 0 amide bonds. The number of hydrogen-bond donors (Lipinski definition) is 0. The van der Waals surface area contributed by atoms with Crippen LogP contribution in [0.4, 0.5) is 0 Å². The molecule has 3 nitrogen and oxygen atoms in total. The summed E-state index contributed by atoms with van der Waals surface area (Å²) in [5.74, 6) is 23.9. The van der Waals surface area contributed by atoms with Gasteiger partial charge in [0.25, 0.3) is 0 Å². The predicted octanol–water partition coefficient (Wildman–Crippen LogP) is 5.87. The summed E-state index contributed by atoms with van der Waals surface area (Å²) >= 11 is 0. The van der Waals surface area contributed by atoms with Gasteiger partial charge in [0.05, 0.1) is 32.5 Å². The van der Waals surface area contributed by atoms with Crippen LogP contribution in [0.5, 0.6) is 0 Å². The van der Waals surface area contributed by atoms with E-state index in [4.69, 9.17) is 4.43 Å². The minimum absolute atomic E-state index is 0.118. The summed E-state index contributed by atoms with van der Waals surface area (Å²) in [6, 6.07) is 0. The van der Waals surface area contributed by atoms with Crippen LogP contribution in [0.25, 0.3) is 0 Å². The first kappa shape index (κ1) is 28.6. The molecule has 0 saturated heterocycles. The molecule has 0 fully saturated rings. The van der Waals surface area contributed by atoms with Crippen LogP contribution in [0.15, 0.2) is 12.2 Å². The van der Waals surface area contributed by atoms with Crippen LogP contribution < -0.4 is 0 Å². The molecule has 0 aliphatic carbocycles. The standard InChI is InChI=1S/C27H38O3Si/c1-8-25(30-31(6,7)27(2,3)4)23-21-19-17-15-13-11-9-10-12-14-16-18-20-22-24-26(28)29-5/h21,23,25H,8-9,14-15,20,22,24H2,1-7H3/b23-21+/t25-/m1/s1. The molecule has 0 spiro atoms. The SMILES string of the molecule is CC[C@H](/C=C/C#CCC#CCC#CCC#CCCCC(=O)OC)O[Si](C)(C)C(C)(C)C. The summed E-state index contributed by atoms with van der Waals surface area (Å²) in [6.45, 7) is 13.4. The van der Waals surface area contributed by atoms with Crippen LogP contribution in [0.3, 0.4) is 0 Å². The first-order valence-corrected chi connectivity index (χ1v) is 13.8. The fourth-order valence-electron chi connectivity index (χ4n) is 2.04. The highest BCUT2D eigenvalue weighted by molar-refractivity contribution is 6.74. The van der Waals surface area contributed by atoms with Gasteiger partial charge in [0.1, 0.15) is 0 Å². The van der Waals surface area contributed by atoms with E-state index in [1.54, 1.807) is 0 Å². The van der Waals surface area contributed by atoms with Crippen molar-refractivity contribution in [2.24, 2.45) is 0 Å². The number of esters is 1. The Morgan fingerprint density at radius 1 is 0.968 bits per heavy atom. The van der Waals surface area contributed by atoms with Crippen molar-refractivity contribution in [2.45, 2.75) is 96.9 Å². The first-order chi connectivity index (χ1) is 14.6. The molecule has 0 bridgehead atoms. The van der Waals surface area contributed by atoms with E-state index >= 15 is 0 Å². The van der Waals surface area contributed by atoms with Gasteiger partial charge in [0.2, 0.25) is 0 Å². The Hall–Kier alpha value is -2.37. The van der Waals surface area contributed by atoms with Gasteiger partial charge in [0.15, 0.2) is 8.32 Å². The van der Waals surface area contributed by atoms with Crippen molar-refractivity contribution in [3.05, 3.63) is 12.2 Å². The van der Waals surface area contributed by atoms with E-state index in [0.29, 0.717) is 32.1 Å². The summed E-state index contributed by atoms with van der Waals surface area (Å²) in [7, 11) is -0.370. The van der Waals surface area contributed by atoms with Gasteiger partial charge in [-0.15, -0.1) is 5.92 Å². The van der Waals surface area contributed by atoms with E-state index in [1.165, 1.54) is 7.11 Å². The minimum Gasteiger partial charge on any atom is -0.469 e. The van der Waals surface area contributed by atoms with Crippen molar-refractivity contribution in [3.8, 4) is 47.4 Å². The number of allylic oxidation sites excluding steroid dienone is 1. The van der Waals surface area contributed by atoms with Crippen LogP contribution in [-0.4, -0.2) is 27.5 Å². The Labute approximate surface area is 191 Å². The van der Waals surface area contributed by atoms with Gasteiger partial charge in [-0.05, 0) is 43.1 Å². The van der Waals surface area contributed by atoms with E-state index in [2.05, 4.69) is 99.0 Å². The second-order valence-electron chi connectivity index (χ2n) is 8.53.